The van der Waals surface area contributed by atoms with Crippen molar-refractivity contribution in [2.75, 3.05) is 4.90 Å². The molecule has 0 amide bonds. The van der Waals surface area contributed by atoms with Gasteiger partial charge in [-0.05, 0) is 25.1 Å². The Morgan fingerprint density at radius 2 is 1.75 bits per heavy atom. The lowest BCUT2D eigenvalue weighted by Crippen LogP contribution is -2.29. The van der Waals surface area contributed by atoms with Gasteiger partial charge in [0.05, 0.1) is 10.6 Å². The SMILES string of the molecule is CC1=NS(=O)(=O)c2cnccc2N1c1ccc([N+](=O)[O-])cc1.Cl.Cl. The topological polar surface area (TPSA) is 106 Å². The van der Waals surface area contributed by atoms with Gasteiger partial charge >= 0.3 is 0 Å². The molecule has 0 saturated heterocycles. The molecule has 0 atom stereocenters. The van der Waals surface area contributed by atoms with E-state index in [-0.39, 0.29) is 41.2 Å². The molecule has 0 unspecified atom stereocenters. The first kappa shape index (κ1) is 19.8. The molecule has 24 heavy (non-hydrogen) atoms. The van der Waals surface area contributed by atoms with Crippen LogP contribution in [0.2, 0.25) is 0 Å². The van der Waals surface area contributed by atoms with E-state index in [1.165, 1.54) is 24.5 Å². The van der Waals surface area contributed by atoms with Crippen LogP contribution in [0.5, 0.6) is 0 Å². The van der Waals surface area contributed by atoms with Gasteiger partial charge in [-0.15, -0.1) is 29.2 Å². The number of non-ortho nitro benzene ring substituents is 1. The average Bonchev–Trinajstić information content (AvgIpc) is 2.47. The summed E-state index contributed by atoms with van der Waals surface area (Å²) in [6.45, 7) is 1.56. The van der Waals surface area contributed by atoms with Crippen LogP contribution in [0.25, 0.3) is 0 Å². The number of hydrogen-bond acceptors (Lipinski definition) is 6. The number of anilines is 2. The van der Waals surface area contributed by atoms with Gasteiger partial charge in [0.15, 0.2) is 0 Å². The molecule has 0 saturated carbocycles. The Kier molecular flexibility index (Phi) is 5.88. The number of benzene rings is 1. The van der Waals surface area contributed by atoms with Crippen LogP contribution >= 0.6 is 24.8 Å². The van der Waals surface area contributed by atoms with E-state index in [1.807, 2.05) is 0 Å². The number of rotatable bonds is 2. The smallest absolute Gasteiger partial charge is 0.287 e. The largest absolute Gasteiger partial charge is 0.297 e. The molecule has 1 aromatic heterocycles. The maximum Gasteiger partial charge on any atom is 0.287 e. The maximum atomic E-state index is 12.1. The molecule has 2 aromatic rings. The molecule has 1 aliphatic heterocycles. The molecule has 8 nitrogen and oxygen atoms in total. The van der Waals surface area contributed by atoms with Crippen LogP contribution in [0, 0.1) is 10.1 Å². The fraction of sp³-hybridized carbons (Fsp3) is 0.0769. The third-order valence-corrected chi connectivity index (χ3v) is 4.55. The van der Waals surface area contributed by atoms with Gasteiger partial charge in [-0.1, -0.05) is 0 Å². The summed E-state index contributed by atoms with van der Waals surface area (Å²) < 4.78 is 27.8. The number of aromatic nitrogens is 1. The molecule has 2 heterocycles. The predicted octanol–water partition coefficient (Wildman–Crippen LogP) is 3.09. The molecule has 0 N–H and O–H groups in total. The van der Waals surface area contributed by atoms with Gasteiger partial charge in [-0.25, -0.2) is 0 Å². The lowest BCUT2D eigenvalue weighted by atomic mass is 10.2. The van der Waals surface area contributed by atoms with E-state index in [1.54, 1.807) is 30.0 Å². The second-order valence-corrected chi connectivity index (χ2v) is 6.14. The molecule has 0 fully saturated rings. The van der Waals surface area contributed by atoms with Crippen LogP contribution in [-0.2, 0) is 10.0 Å². The Morgan fingerprint density at radius 3 is 2.33 bits per heavy atom. The summed E-state index contributed by atoms with van der Waals surface area (Å²) in [6, 6.07) is 7.35. The molecular weight excluding hydrogens is 379 g/mol. The number of hydrogen-bond donors (Lipinski definition) is 0. The van der Waals surface area contributed by atoms with Crippen LogP contribution in [0.4, 0.5) is 17.1 Å². The highest BCUT2D eigenvalue weighted by Crippen LogP contribution is 2.36. The maximum absolute atomic E-state index is 12.1. The number of sulfonamides is 1. The standard InChI is InChI=1S/C13H10N4O4S.2ClH/c1-9-15-22(20,21)13-8-14-7-6-12(13)16(9)10-2-4-11(5-3-10)17(18)19;;/h2-8H,1H3;2*1H. The molecule has 1 aliphatic rings. The first-order chi connectivity index (χ1) is 10.4. The van der Waals surface area contributed by atoms with E-state index in [2.05, 4.69) is 9.38 Å². The minimum Gasteiger partial charge on any atom is -0.297 e. The molecule has 0 radical (unpaired) electrons. The molecule has 11 heteroatoms. The summed E-state index contributed by atoms with van der Waals surface area (Å²) in [5.74, 6) is 0.257. The Labute approximate surface area is 150 Å². The highest BCUT2D eigenvalue weighted by atomic mass is 35.5. The van der Waals surface area contributed by atoms with Crippen molar-refractivity contribution in [2.45, 2.75) is 11.8 Å². The third kappa shape index (κ3) is 3.32. The van der Waals surface area contributed by atoms with Crippen LogP contribution in [0.1, 0.15) is 6.92 Å². The zero-order chi connectivity index (χ0) is 15.9. The Morgan fingerprint density at radius 1 is 1.12 bits per heavy atom. The van der Waals surface area contributed by atoms with Gasteiger partial charge in [0.25, 0.3) is 15.7 Å². The number of nitro groups is 1. The van der Waals surface area contributed by atoms with Crippen molar-refractivity contribution in [3.05, 3.63) is 52.8 Å². The average molecular weight is 391 g/mol. The predicted molar refractivity (Wildman–Crippen MR) is 94.3 cm³/mol. The van der Waals surface area contributed by atoms with Crippen molar-refractivity contribution in [2.24, 2.45) is 4.40 Å². The molecule has 1 aromatic carbocycles. The fourth-order valence-electron chi connectivity index (χ4n) is 2.24. The molecule has 0 aliphatic carbocycles. The molecule has 0 spiro atoms. The van der Waals surface area contributed by atoms with Gasteiger partial charge < -0.3 is 0 Å². The summed E-state index contributed by atoms with van der Waals surface area (Å²) in [4.78, 5) is 15.7. The van der Waals surface area contributed by atoms with Crippen LogP contribution in [0.3, 0.4) is 0 Å². The quantitative estimate of drug-likeness (QED) is 0.575. The van der Waals surface area contributed by atoms with Crippen molar-refractivity contribution in [3.63, 3.8) is 0 Å². The molecular formula is C13H12Cl2N4O4S. The van der Waals surface area contributed by atoms with E-state index in [4.69, 9.17) is 0 Å². The lowest BCUT2D eigenvalue weighted by molar-refractivity contribution is -0.384. The second kappa shape index (κ2) is 7.12. The first-order valence-corrected chi connectivity index (χ1v) is 7.64. The van der Waals surface area contributed by atoms with Crippen molar-refractivity contribution in [1.29, 1.82) is 0 Å². The normalized spacial score (nSPS) is 14.5. The highest BCUT2D eigenvalue weighted by molar-refractivity contribution is 7.90. The van der Waals surface area contributed by atoms with Crippen molar-refractivity contribution in [3.8, 4) is 0 Å². The molecule has 0 bridgehead atoms. The first-order valence-electron chi connectivity index (χ1n) is 6.20. The van der Waals surface area contributed by atoms with Gasteiger partial charge in [0.1, 0.15) is 10.7 Å². The Hall–Kier alpha value is -2.23. The summed E-state index contributed by atoms with van der Waals surface area (Å²) >= 11 is 0. The minimum absolute atomic E-state index is 0. The Balaban J connectivity index is 0.00000144. The van der Waals surface area contributed by atoms with Crippen LogP contribution in [0.15, 0.2) is 52.0 Å². The van der Waals surface area contributed by atoms with Crippen molar-refractivity contribution in [1.82, 2.24) is 4.98 Å². The van der Waals surface area contributed by atoms with E-state index < -0.39 is 14.9 Å². The van der Waals surface area contributed by atoms with Gasteiger partial charge in [0, 0.05) is 30.2 Å². The van der Waals surface area contributed by atoms with Gasteiger partial charge in [0.2, 0.25) is 0 Å². The third-order valence-electron chi connectivity index (χ3n) is 3.18. The number of halogens is 2. The summed E-state index contributed by atoms with van der Waals surface area (Å²) in [7, 11) is -3.78. The highest BCUT2D eigenvalue weighted by Gasteiger charge is 2.30. The van der Waals surface area contributed by atoms with Crippen molar-refractivity contribution >= 4 is 57.7 Å². The van der Waals surface area contributed by atoms with Crippen LogP contribution < -0.4 is 4.90 Å². The van der Waals surface area contributed by atoms with Gasteiger partial charge in [-0.2, -0.15) is 8.42 Å². The number of amidine groups is 1. The molecule has 3 rings (SSSR count). The van der Waals surface area contributed by atoms with Crippen molar-refractivity contribution < 1.29 is 13.3 Å². The second-order valence-electron chi connectivity index (χ2n) is 4.57. The number of fused-ring (bicyclic) bond motifs is 1. The number of pyridine rings is 1. The monoisotopic (exact) mass is 390 g/mol. The zero-order valence-corrected chi connectivity index (χ0v) is 14.6. The van der Waals surface area contributed by atoms with E-state index >= 15 is 0 Å². The summed E-state index contributed by atoms with van der Waals surface area (Å²) in [6.07, 6.45) is 2.71. The number of nitrogens with zero attached hydrogens (tertiary/aromatic N) is 4. The van der Waals surface area contributed by atoms with Crippen LogP contribution in [-0.4, -0.2) is 24.2 Å². The van der Waals surface area contributed by atoms with E-state index in [0.717, 1.165) is 0 Å². The minimum atomic E-state index is -3.78. The Bertz CT molecular complexity index is 900. The zero-order valence-electron chi connectivity index (χ0n) is 12.2. The summed E-state index contributed by atoms with van der Waals surface area (Å²) in [5.41, 5.74) is 0.948. The van der Waals surface area contributed by atoms with Gasteiger partial charge in [-0.3, -0.25) is 20.0 Å². The summed E-state index contributed by atoms with van der Waals surface area (Å²) in [5, 5.41) is 10.7. The number of nitro benzene ring substituents is 1. The lowest BCUT2D eigenvalue weighted by Gasteiger charge is -2.28. The fourth-order valence-corrected chi connectivity index (χ4v) is 3.39. The van der Waals surface area contributed by atoms with E-state index in [0.29, 0.717) is 11.4 Å². The molecule has 128 valence electrons. The van der Waals surface area contributed by atoms with E-state index in [9.17, 15) is 18.5 Å².